The van der Waals surface area contributed by atoms with Gasteiger partial charge in [0.05, 0.1) is 5.92 Å². The van der Waals surface area contributed by atoms with Crippen molar-refractivity contribution in [1.29, 1.82) is 0 Å². The third-order valence-electron chi connectivity index (χ3n) is 2.92. The Morgan fingerprint density at radius 3 is 2.26 bits per heavy atom. The van der Waals surface area contributed by atoms with Crippen LogP contribution in [0.4, 0.5) is 13.2 Å². The van der Waals surface area contributed by atoms with Crippen molar-refractivity contribution in [1.82, 2.24) is 5.32 Å². The van der Waals surface area contributed by atoms with Gasteiger partial charge in [-0.3, -0.25) is 4.79 Å². The lowest BCUT2D eigenvalue weighted by atomic mass is 9.97. The van der Waals surface area contributed by atoms with E-state index in [0.29, 0.717) is 19.4 Å². The van der Waals surface area contributed by atoms with Crippen molar-refractivity contribution in [2.24, 2.45) is 11.8 Å². The van der Waals surface area contributed by atoms with E-state index in [4.69, 9.17) is 5.11 Å². The molecule has 2 unspecified atom stereocenters. The summed E-state index contributed by atoms with van der Waals surface area (Å²) >= 11 is 0. The molecule has 2 atom stereocenters. The molecule has 6 heteroatoms. The van der Waals surface area contributed by atoms with E-state index in [1.807, 2.05) is 13.8 Å². The van der Waals surface area contributed by atoms with E-state index in [2.05, 4.69) is 5.32 Å². The van der Waals surface area contributed by atoms with E-state index in [-0.39, 0.29) is 18.4 Å². The first-order valence-corrected chi connectivity index (χ1v) is 6.64. The topological polar surface area (TPSA) is 49.3 Å². The van der Waals surface area contributed by atoms with E-state index in [9.17, 15) is 18.0 Å². The number of carboxylic acids is 1. The van der Waals surface area contributed by atoms with Gasteiger partial charge in [0.15, 0.2) is 0 Å². The molecule has 0 saturated carbocycles. The fraction of sp³-hybridized carbons (Fsp3) is 0.923. The van der Waals surface area contributed by atoms with Crippen LogP contribution in [0.2, 0.25) is 0 Å². The summed E-state index contributed by atoms with van der Waals surface area (Å²) in [4.78, 5) is 11.0. The van der Waals surface area contributed by atoms with Crippen molar-refractivity contribution in [3.8, 4) is 0 Å². The molecule has 0 aliphatic carbocycles. The van der Waals surface area contributed by atoms with Gasteiger partial charge in [-0.15, -0.1) is 0 Å². The van der Waals surface area contributed by atoms with E-state index in [1.165, 1.54) is 0 Å². The molecule has 0 aromatic rings. The Labute approximate surface area is 112 Å². The van der Waals surface area contributed by atoms with Crippen molar-refractivity contribution in [2.75, 3.05) is 6.54 Å². The summed E-state index contributed by atoms with van der Waals surface area (Å²) in [5, 5.41) is 12.0. The zero-order valence-electron chi connectivity index (χ0n) is 11.8. The van der Waals surface area contributed by atoms with Gasteiger partial charge in [0.2, 0.25) is 0 Å². The van der Waals surface area contributed by atoms with E-state index < -0.39 is 24.5 Å². The van der Waals surface area contributed by atoms with Gasteiger partial charge in [-0.2, -0.15) is 13.2 Å². The highest BCUT2D eigenvalue weighted by Crippen LogP contribution is 2.22. The third-order valence-corrected chi connectivity index (χ3v) is 2.92. The van der Waals surface area contributed by atoms with Gasteiger partial charge in [0.25, 0.3) is 0 Å². The SMILES string of the molecule is CC(C)CC(CNC(C)CCCC(F)(F)F)C(=O)O. The van der Waals surface area contributed by atoms with Gasteiger partial charge >= 0.3 is 12.1 Å². The highest BCUT2D eigenvalue weighted by atomic mass is 19.4. The normalized spacial score (nSPS) is 15.5. The first-order chi connectivity index (χ1) is 8.61. The molecule has 0 rings (SSSR count). The minimum atomic E-state index is -4.11. The Balaban J connectivity index is 3.92. The Morgan fingerprint density at radius 1 is 1.26 bits per heavy atom. The average Bonchev–Trinajstić information content (AvgIpc) is 2.21. The summed E-state index contributed by atoms with van der Waals surface area (Å²) in [6.07, 6.45) is -3.86. The zero-order chi connectivity index (χ0) is 15.1. The van der Waals surface area contributed by atoms with Crippen LogP contribution >= 0.6 is 0 Å². The number of aliphatic carboxylic acids is 1. The van der Waals surface area contributed by atoms with Crippen molar-refractivity contribution in [3.05, 3.63) is 0 Å². The first-order valence-electron chi connectivity index (χ1n) is 6.64. The van der Waals surface area contributed by atoms with Crippen molar-refractivity contribution < 1.29 is 23.1 Å². The highest BCUT2D eigenvalue weighted by Gasteiger charge is 2.26. The van der Waals surface area contributed by atoms with Crippen LogP contribution < -0.4 is 5.32 Å². The number of carbonyl (C=O) groups is 1. The second-order valence-electron chi connectivity index (χ2n) is 5.48. The lowest BCUT2D eigenvalue weighted by Crippen LogP contribution is -2.35. The summed E-state index contributed by atoms with van der Waals surface area (Å²) in [5.74, 6) is -1.06. The molecule has 0 aliphatic rings. The van der Waals surface area contributed by atoms with Crippen LogP contribution in [0.25, 0.3) is 0 Å². The molecular formula is C13H24F3NO2. The largest absolute Gasteiger partial charge is 0.481 e. The van der Waals surface area contributed by atoms with Crippen LogP contribution in [-0.4, -0.2) is 29.8 Å². The smallest absolute Gasteiger partial charge is 0.389 e. The number of hydrogen-bond acceptors (Lipinski definition) is 2. The molecule has 0 radical (unpaired) electrons. The van der Waals surface area contributed by atoms with Crippen molar-refractivity contribution in [3.63, 3.8) is 0 Å². The maximum atomic E-state index is 12.0. The Bertz CT molecular complexity index is 267. The van der Waals surface area contributed by atoms with Gasteiger partial charge in [-0.05, 0) is 32.1 Å². The maximum Gasteiger partial charge on any atom is 0.389 e. The number of carboxylic acid groups (broad SMARTS) is 1. The van der Waals surface area contributed by atoms with Crippen molar-refractivity contribution >= 4 is 5.97 Å². The molecule has 19 heavy (non-hydrogen) atoms. The lowest BCUT2D eigenvalue weighted by molar-refractivity contribution is -0.142. The van der Waals surface area contributed by atoms with Gasteiger partial charge in [0, 0.05) is 19.0 Å². The number of rotatable bonds is 9. The quantitative estimate of drug-likeness (QED) is 0.681. The van der Waals surface area contributed by atoms with E-state index in [1.54, 1.807) is 6.92 Å². The molecule has 0 aromatic heterocycles. The monoisotopic (exact) mass is 283 g/mol. The number of hydrogen-bond donors (Lipinski definition) is 2. The van der Waals surface area contributed by atoms with Crippen LogP contribution in [0, 0.1) is 11.8 Å². The molecule has 3 nitrogen and oxygen atoms in total. The number of nitrogens with one attached hydrogen (secondary N) is 1. The third kappa shape index (κ3) is 10.8. The predicted molar refractivity (Wildman–Crippen MR) is 68.0 cm³/mol. The molecule has 0 fully saturated rings. The second-order valence-corrected chi connectivity index (χ2v) is 5.48. The van der Waals surface area contributed by atoms with E-state index in [0.717, 1.165) is 0 Å². The fourth-order valence-electron chi connectivity index (χ4n) is 1.89. The molecule has 0 amide bonds. The zero-order valence-corrected chi connectivity index (χ0v) is 11.8. The molecule has 114 valence electrons. The minimum Gasteiger partial charge on any atom is -0.481 e. The fourth-order valence-corrected chi connectivity index (χ4v) is 1.89. The molecule has 0 aromatic carbocycles. The van der Waals surface area contributed by atoms with Crippen LogP contribution in [0.5, 0.6) is 0 Å². The standard InChI is InChI=1S/C13H24F3NO2/c1-9(2)7-11(12(18)19)8-17-10(3)5-4-6-13(14,15)16/h9-11,17H,4-8H2,1-3H3,(H,18,19). The molecule has 0 saturated heterocycles. The summed E-state index contributed by atoms with van der Waals surface area (Å²) in [5.41, 5.74) is 0. The number of halogens is 3. The Hall–Kier alpha value is -0.780. The highest BCUT2D eigenvalue weighted by molar-refractivity contribution is 5.70. The minimum absolute atomic E-state index is 0.0690. The average molecular weight is 283 g/mol. The summed E-state index contributed by atoms with van der Waals surface area (Å²) < 4.78 is 35.9. The van der Waals surface area contributed by atoms with E-state index >= 15 is 0 Å². The summed E-state index contributed by atoms with van der Waals surface area (Å²) in [6, 6.07) is -0.101. The van der Waals surface area contributed by atoms with Crippen LogP contribution in [0.15, 0.2) is 0 Å². The first kappa shape index (κ1) is 18.2. The molecule has 2 N–H and O–H groups in total. The molecule has 0 aliphatic heterocycles. The maximum absolute atomic E-state index is 12.0. The molecule has 0 spiro atoms. The number of alkyl halides is 3. The lowest BCUT2D eigenvalue weighted by Gasteiger charge is -2.19. The molecule has 0 heterocycles. The Kier molecular flexibility index (Phi) is 8.06. The second kappa shape index (κ2) is 8.40. The van der Waals surface area contributed by atoms with Gasteiger partial charge < -0.3 is 10.4 Å². The molecular weight excluding hydrogens is 259 g/mol. The predicted octanol–water partition coefficient (Wildman–Crippen LogP) is 3.44. The Morgan fingerprint density at radius 2 is 1.84 bits per heavy atom. The van der Waals surface area contributed by atoms with Gasteiger partial charge in [-0.1, -0.05) is 13.8 Å². The van der Waals surface area contributed by atoms with Crippen LogP contribution in [-0.2, 0) is 4.79 Å². The van der Waals surface area contributed by atoms with Crippen LogP contribution in [0.1, 0.15) is 46.5 Å². The van der Waals surface area contributed by atoms with Crippen LogP contribution in [0.3, 0.4) is 0 Å². The van der Waals surface area contributed by atoms with Crippen molar-refractivity contribution in [2.45, 2.75) is 58.7 Å². The summed E-state index contributed by atoms with van der Waals surface area (Å²) in [7, 11) is 0. The van der Waals surface area contributed by atoms with Gasteiger partial charge in [0.1, 0.15) is 0 Å². The summed E-state index contributed by atoms with van der Waals surface area (Å²) in [6.45, 7) is 5.98. The molecule has 0 bridgehead atoms. The van der Waals surface area contributed by atoms with Gasteiger partial charge in [-0.25, -0.2) is 0 Å².